The molecule has 3 N–H and O–H groups in total. The molecule has 2 bridgehead atoms. The van der Waals surface area contributed by atoms with Crippen molar-refractivity contribution in [3.05, 3.63) is 41.0 Å². The Morgan fingerprint density at radius 1 is 1.04 bits per heavy atom. The van der Waals surface area contributed by atoms with E-state index in [0.717, 1.165) is 11.5 Å². The minimum absolute atomic E-state index is 0. The maximum absolute atomic E-state index is 9.93. The number of para-hydroxylation sites is 1. The number of phenolic OH excluding ortho intramolecular Hbond substituents is 1. The first-order valence-electron chi connectivity index (χ1n) is 8.85. The minimum atomic E-state index is 0. The molecule has 3 aliphatic rings. The summed E-state index contributed by atoms with van der Waals surface area (Å²) in [6, 6.07) is 7.96. The van der Waals surface area contributed by atoms with E-state index in [0.29, 0.717) is 17.7 Å². The molecular formula is C20H27NO2. The van der Waals surface area contributed by atoms with Gasteiger partial charge in [0, 0.05) is 17.7 Å². The van der Waals surface area contributed by atoms with Gasteiger partial charge in [-0.25, -0.2) is 0 Å². The maximum atomic E-state index is 9.93. The highest BCUT2D eigenvalue weighted by Crippen LogP contribution is 2.49. The quantitative estimate of drug-likeness (QED) is 0.650. The summed E-state index contributed by atoms with van der Waals surface area (Å²) in [7, 11) is 0. The number of allylic oxidation sites excluding steroid dienone is 1. The molecule has 0 unspecified atom stereocenters. The van der Waals surface area contributed by atoms with Crippen molar-refractivity contribution < 1.29 is 10.6 Å². The first kappa shape index (κ1) is 16.3. The largest absolute Gasteiger partial charge is 0.507 e. The highest BCUT2D eigenvalue weighted by molar-refractivity contribution is 5.83. The lowest BCUT2D eigenvalue weighted by Crippen LogP contribution is -2.38. The molecule has 4 rings (SSSR count). The van der Waals surface area contributed by atoms with Gasteiger partial charge in [-0.3, -0.25) is 4.99 Å². The van der Waals surface area contributed by atoms with E-state index in [9.17, 15) is 5.11 Å². The van der Waals surface area contributed by atoms with E-state index >= 15 is 0 Å². The van der Waals surface area contributed by atoms with E-state index in [4.69, 9.17) is 4.99 Å². The van der Waals surface area contributed by atoms with Gasteiger partial charge in [0.2, 0.25) is 0 Å². The molecule has 1 fully saturated rings. The molecule has 0 saturated heterocycles. The number of hydrogen-bond donors (Lipinski definition) is 1. The highest BCUT2D eigenvalue weighted by atomic mass is 16.3. The summed E-state index contributed by atoms with van der Waals surface area (Å²) in [6.45, 7) is 0. The summed E-state index contributed by atoms with van der Waals surface area (Å²) in [5, 5.41) is 9.93. The van der Waals surface area contributed by atoms with Crippen LogP contribution in [-0.2, 0) is 0 Å². The summed E-state index contributed by atoms with van der Waals surface area (Å²) in [5.41, 5.74) is 4.40. The zero-order chi connectivity index (χ0) is 14.9. The fourth-order valence-corrected chi connectivity index (χ4v) is 4.85. The molecule has 0 spiro atoms. The molecule has 124 valence electrons. The van der Waals surface area contributed by atoms with Crippen molar-refractivity contribution in [3.63, 3.8) is 0 Å². The second-order valence-electron chi connectivity index (χ2n) is 7.17. The fraction of sp³-hybridized carbons (Fsp3) is 0.550. The molecule has 3 heteroatoms. The number of nitrogens with zero attached hydrogens (tertiary/aromatic N) is 1. The predicted octanol–water partition coefficient (Wildman–Crippen LogP) is 4.05. The summed E-state index contributed by atoms with van der Waals surface area (Å²) >= 11 is 0. The number of hydrogen-bond acceptors (Lipinski definition) is 2. The highest BCUT2D eigenvalue weighted by Gasteiger charge is 2.40. The van der Waals surface area contributed by atoms with Crippen molar-refractivity contribution in [2.45, 2.75) is 57.4 Å². The Morgan fingerprint density at radius 2 is 1.87 bits per heavy atom. The lowest BCUT2D eigenvalue weighted by molar-refractivity contribution is 0.215. The van der Waals surface area contributed by atoms with Gasteiger partial charge in [0.05, 0.1) is 6.04 Å². The Labute approximate surface area is 138 Å². The summed E-state index contributed by atoms with van der Waals surface area (Å²) in [6.07, 6.45) is 12.6. The van der Waals surface area contributed by atoms with Crippen molar-refractivity contribution in [1.29, 1.82) is 0 Å². The van der Waals surface area contributed by atoms with Crippen LogP contribution in [0.5, 0.6) is 5.75 Å². The third-order valence-electron chi connectivity index (χ3n) is 5.89. The van der Waals surface area contributed by atoms with Crippen LogP contribution in [0, 0.1) is 11.8 Å². The predicted molar refractivity (Wildman–Crippen MR) is 94.0 cm³/mol. The van der Waals surface area contributed by atoms with Gasteiger partial charge in [0.15, 0.2) is 0 Å². The maximum Gasteiger partial charge on any atom is 0.124 e. The van der Waals surface area contributed by atoms with E-state index in [1.54, 1.807) is 17.2 Å². The van der Waals surface area contributed by atoms with E-state index in [1.807, 2.05) is 24.4 Å². The normalized spacial score (nSPS) is 30.0. The van der Waals surface area contributed by atoms with Gasteiger partial charge < -0.3 is 10.6 Å². The van der Waals surface area contributed by atoms with Gasteiger partial charge in [-0.2, -0.15) is 0 Å². The number of aromatic hydroxyl groups is 1. The molecule has 0 radical (unpaired) electrons. The van der Waals surface area contributed by atoms with Gasteiger partial charge in [-0.05, 0) is 63.0 Å². The Morgan fingerprint density at radius 3 is 2.74 bits per heavy atom. The van der Waals surface area contributed by atoms with E-state index < -0.39 is 0 Å². The van der Waals surface area contributed by atoms with Crippen LogP contribution in [0.15, 0.2) is 40.4 Å². The molecule has 1 aromatic rings. The lowest BCUT2D eigenvalue weighted by atomic mass is 9.63. The van der Waals surface area contributed by atoms with Crippen LogP contribution in [0.4, 0.5) is 0 Å². The Bertz CT molecular complexity index is 620. The lowest BCUT2D eigenvalue weighted by Gasteiger charge is -2.44. The Hall–Kier alpha value is -1.61. The summed E-state index contributed by atoms with van der Waals surface area (Å²) in [4.78, 5) is 4.97. The number of rotatable bonds is 2. The van der Waals surface area contributed by atoms with E-state index in [2.05, 4.69) is 0 Å². The number of fused-ring (bicyclic) bond motifs is 3. The smallest absolute Gasteiger partial charge is 0.124 e. The van der Waals surface area contributed by atoms with Gasteiger partial charge in [-0.15, -0.1) is 0 Å². The zero-order valence-electron chi connectivity index (χ0n) is 13.7. The standard InChI is InChI=1S/C20H25NO.H2O/c22-19-11-4-2-7-16(19)13-21-20-15-8-5-10-18(20)17-9-3-1-6-14(17)12-15;/h2,4,7,11,13,15,18,20,22H,1,3,5-6,8-10,12H2;1H2/t15-,18-,20+;/m0./s1. The SMILES string of the molecule is O.Oc1ccccc1C=N[C@@H]1[C@H]2CCC[C@H]1C1=C(CCCC1)C2. The average Bonchev–Trinajstić information content (AvgIpc) is 2.54. The molecule has 0 amide bonds. The van der Waals surface area contributed by atoms with Crippen LogP contribution in [0.3, 0.4) is 0 Å². The third-order valence-corrected chi connectivity index (χ3v) is 5.89. The molecule has 0 heterocycles. The van der Waals surface area contributed by atoms with Crippen molar-refractivity contribution in [2.75, 3.05) is 0 Å². The number of benzene rings is 1. The van der Waals surface area contributed by atoms with Crippen LogP contribution in [0.25, 0.3) is 0 Å². The second-order valence-corrected chi connectivity index (χ2v) is 7.17. The molecule has 1 aromatic carbocycles. The van der Waals surface area contributed by atoms with E-state index in [-0.39, 0.29) is 5.48 Å². The van der Waals surface area contributed by atoms with Crippen molar-refractivity contribution in [1.82, 2.24) is 0 Å². The monoisotopic (exact) mass is 313 g/mol. The van der Waals surface area contributed by atoms with Gasteiger partial charge in [0.25, 0.3) is 0 Å². The number of aliphatic imine (C=N–C) groups is 1. The van der Waals surface area contributed by atoms with Crippen LogP contribution in [0.2, 0.25) is 0 Å². The second kappa shape index (κ2) is 6.88. The Balaban J connectivity index is 0.00000156. The zero-order valence-corrected chi connectivity index (χ0v) is 13.7. The topological polar surface area (TPSA) is 64.1 Å². The molecule has 0 aromatic heterocycles. The van der Waals surface area contributed by atoms with E-state index in [1.165, 1.54) is 51.4 Å². The van der Waals surface area contributed by atoms with Crippen molar-refractivity contribution in [2.24, 2.45) is 16.8 Å². The van der Waals surface area contributed by atoms with Crippen molar-refractivity contribution in [3.8, 4) is 5.75 Å². The summed E-state index contributed by atoms with van der Waals surface area (Å²) < 4.78 is 0. The van der Waals surface area contributed by atoms with Crippen LogP contribution in [-0.4, -0.2) is 22.8 Å². The minimum Gasteiger partial charge on any atom is -0.507 e. The molecule has 1 saturated carbocycles. The molecular weight excluding hydrogens is 286 g/mol. The van der Waals surface area contributed by atoms with Crippen LogP contribution in [0.1, 0.15) is 56.9 Å². The molecule has 23 heavy (non-hydrogen) atoms. The average molecular weight is 313 g/mol. The fourth-order valence-electron chi connectivity index (χ4n) is 4.85. The molecule has 3 nitrogen and oxygen atoms in total. The van der Waals surface area contributed by atoms with Crippen LogP contribution >= 0.6 is 0 Å². The first-order valence-corrected chi connectivity index (χ1v) is 8.85. The van der Waals surface area contributed by atoms with Crippen molar-refractivity contribution >= 4 is 6.21 Å². The van der Waals surface area contributed by atoms with Gasteiger partial charge >= 0.3 is 0 Å². The van der Waals surface area contributed by atoms with Crippen LogP contribution < -0.4 is 0 Å². The first-order chi connectivity index (χ1) is 10.8. The summed E-state index contributed by atoms with van der Waals surface area (Å²) in [5.74, 6) is 1.76. The Kier molecular flexibility index (Phi) is 4.86. The molecule has 3 aliphatic carbocycles. The van der Waals surface area contributed by atoms with Gasteiger partial charge in [-0.1, -0.05) is 29.7 Å². The number of phenols is 1. The third kappa shape index (κ3) is 3.07. The molecule has 0 aliphatic heterocycles. The molecule has 3 atom stereocenters. The van der Waals surface area contributed by atoms with Gasteiger partial charge in [0.1, 0.15) is 5.75 Å².